The van der Waals surface area contributed by atoms with Gasteiger partial charge in [-0.15, -0.1) is 0 Å². The zero-order valence-electron chi connectivity index (χ0n) is 19.2. The molecule has 0 bridgehead atoms. The van der Waals surface area contributed by atoms with E-state index in [1.54, 1.807) is 36.0 Å². The number of carbonyl (C=O) groups is 2. The molecule has 1 aliphatic heterocycles. The summed E-state index contributed by atoms with van der Waals surface area (Å²) in [4.78, 5) is 30.4. The molecule has 3 atom stereocenters. The number of likely N-dealkylation sites (N-methyl/N-ethyl adjacent to an activating group) is 1. The molecule has 1 heterocycles. The molecule has 1 aliphatic rings. The van der Waals surface area contributed by atoms with Gasteiger partial charge in [0.1, 0.15) is 5.82 Å². The second-order valence-corrected chi connectivity index (χ2v) is 11.3. The molecule has 0 radical (unpaired) electrons. The molecule has 0 spiro atoms. The monoisotopic (exact) mass is 583 g/mol. The number of urea groups is 1. The van der Waals surface area contributed by atoms with Crippen molar-refractivity contribution < 1.29 is 19.1 Å². The lowest BCUT2D eigenvalue weighted by atomic mass is 9.78. The Balaban J connectivity index is 2.05. The Morgan fingerprint density at radius 3 is 2.09 bits per heavy atom. The number of amides is 3. The molecular formula is C24H28Br2FN3O3. The summed E-state index contributed by atoms with van der Waals surface area (Å²) in [6.07, 6.45) is -1.03. The van der Waals surface area contributed by atoms with Gasteiger partial charge in [-0.2, -0.15) is 0 Å². The van der Waals surface area contributed by atoms with E-state index in [1.807, 2.05) is 39.0 Å². The summed E-state index contributed by atoms with van der Waals surface area (Å²) < 4.78 is 15.2. The first-order valence-electron chi connectivity index (χ1n) is 10.5. The number of carbonyl (C=O) groups excluding carboxylic acids is 1. The predicted molar refractivity (Wildman–Crippen MR) is 134 cm³/mol. The van der Waals surface area contributed by atoms with Gasteiger partial charge >= 0.3 is 12.1 Å². The molecular weight excluding hydrogens is 557 g/mol. The molecule has 33 heavy (non-hydrogen) atoms. The summed E-state index contributed by atoms with van der Waals surface area (Å²) in [6, 6.07) is 10.5. The third kappa shape index (κ3) is 5.35. The Labute approximate surface area is 210 Å². The molecule has 3 rings (SSSR count). The topological polar surface area (TPSA) is 64.1 Å². The number of rotatable bonds is 3. The number of nitrogens with zero attached hydrogens (tertiary/aromatic N) is 3. The fraction of sp³-hybridized carbons (Fsp3) is 0.417. The molecule has 9 heteroatoms. The van der Waals surface area contributed by atoms with Gasteiger partial charge in [0.25, 0.3) is 0 Å². The fourth-order valence-electron chi connectivity index (χ4n) is 4.72. The number of benzene rings is 2. The van der Waals surface area contributed by atoms with Crippen LogP contribution in [0.5, 0.6) is 0 Å². The molecule has 6 nitrogen and oxygen atoms in total. The Morgan fingerprint density at radius 1 is 1.06 bits per heavy atom. The normalized spacial score (nSPS) is 20.6. The quantitative estimate of drug-likeness (QED) is 0.454. The maximum absolute atomic E-state index is 13.6. The lowest BCUT2D eigenvalue weighted by Gasteiger charge is -2.42. The van der Waals surface area contributed by atoms with E-state index in [-0.39, 0.29) is 24.3 Å². The minimum absolute atomic E-state index is 0.220. The van der Waals surface area contributed by atoms with Gasteiger partial charge in [0.15, 0.2) is 0 Å². The molecule has 178 valence electrons. The van der Waals surface area contributed by atoms with Crippen molar-refractivity contribution in [2.75, 3.05) is 25.5 Å². The predicted octanol–water partition coefficient (Wildman–Crippen LogP) is 6.40. The number of halogens is 3. The highest BCUT2D eigenvalue weighted by molar-refractivity contribution is 9.11. The SMILES string of the molecule is CN(C(=O)N(C)[C@@H]1C(C(C)(C)C)N(C(=O)O)C[C@H]1c1ccc(F)cc1)c1cc(Br)cc(Br)c1. The molecule has 1 N–H and O–H groups in total. The third-order valence-electron chi connectivity index (χ3n) is 6.17. The first-order valence-corrected chi connectivity index (χ1v) is 12.1. The highest BCUT2D eigenvalue weighted by atomic mass is 79.9. The minimum Gasteiger partial charge on any atom is -0.465 e. The lowest BCUT2D eigenvalue weighted by molar-refractivity contribution is 0.0796. The molecule has 0 aliphatic carbocycles. The van der Waals surface area contributed by atoms with Crippen molar-refractivity contribution in [3.05, 3.63) is 62.8 Å². The smallest absolute Gasteiger partial charge is 0.407 e. The van der Waals surface area contributed by atoms with E-state index < -0.39 is 23.6 Å². The van der Waals surface area contributed by atoms with Gasteiger partial charge in [0, 0.05) is 41.2 Å². The van der Waals surface area contributed by atoms with Crippen LogP contribution in [-0.2, 0) is 0 Å². The van der Waals surface area contributed by atoms with E-state index in [4.69, 9.17) is 0 Å². The lowest BCUT2D eigenvalue weighted by Crippen LogP contribution is -2.56. The summed E-state index contributed by atoms with van der Waals surface area (Å²) >= 11 is 6.91. The number of anilines is 1. The van der Waals surface area contributed by atoms with Gasteiger partial charge < -0.3 is 14.9 Å². The van der Waals surface area contributed by atoms with E-state index in [1.165, 1.54) is 17.0 Å². The second-order valence-electron chi connectivity index (χ2n) is 9.47. The van der Waals surface area contributed by atoms with Crippen molar-refractivity contribution in [2.45, 2.75) is 38.8 Å². The van der Waals surface area contributed by atoms with Gasteiger partial charge in [-0.25, -0.2) is 14.0 Å². The van der Waals surface area contributed by atoms with E-state index in [2.05, 4.69) is 31.9 Å². The highest BCUT2D eigenvalue weighted by Gasteiger charge is 2.52. The highest BCUT2D eigenvalue weighted by Crippen LogP contribution is 2.43. The molecule has 2 aromatic rings. The number of hydrogen-bond acceptors (Lipinski definition) is 2. The van der Waals surface area contributed by atoms with Crippen LogP contribution in [0, 0.1) is 11.2 Å². The van der Waals surface area contributed by atoms with Crippen molar-refractivity contribution in [1.82, 2.24) is 9.80 Å². The number of hydrogen-bond donors (Lipinski definition) is 1. The van der Waals surface area contributed by atoms with Crippen molar-refractivity contribution in [3.8, 4) is 0 Å². The number of likely N-dealkylation sites (tertiary alicyclic amines) is 1. The molecule has 0 saturated carbocycles. The summed E-state index contributed by atoms with van der Waals surface area (Å²) in [5.74, 6) is -0.664. The van der Waals surface area contributed by atoms with Gasteiger partial charge in [-0.3, -0.25) is 4.90 Å². The Kier molecular flexibility index (Phi) is 7.43. The van der Waals surface area contributed by atoms with Gasteiger partial charge in [-0.1, -0.05) is 64.8 Å². The summed E-state index contributed by atoms with van der Waals surface area (Å²) in [7, 11) is 3.40. The summed E-state index contributed by atoms with van der Waals surface area (Å²) in [5.41, 5.74) is 1.04. The maximum Gasteiger partial charge on any atom is 0.407 e. The molecule has 2 aromatic carbocycles. The standard InChI is InChI=1S/C24H28Br2FN3O3/c1-24(2,3)21-20(19(13-30(21)23(32)33)14-6-8-17(27)9-7-14)29(5)22(31)28(4)18-11-15(25)10-16(26)12-18/h6-12,19-21H,13H2,1-5H3,(H,32,33)/t19-,20-,21?/m0/s1. The largest absolute Gasteiger partial charge is 0.465 e. The van der Waals surface area contributed by atoms with Crippen LogP contribution in [0.25, 0.3) is 0 Å². The Morgan fingerprint density at radius 2 is 1.61 bits per heavy atom. The van der Waals surface area contributed by atoms with Crippen LogP contribution < -0.4 is 4.90 Å². The van der Waals surface area contributed by atoms with Crippen LogP contribution in [0.4, 0.5) is 19.7 Å². The van der Waals surface area contributed by atoms with Crippen molar-refractivity contribution in [3.63, 3.8) is 0 Å². The van der Waals surface area contributed by atoms with Crippen LogP contribution in [-0.4, -0.2) is 59.8 Å². The first kappa shape index (κ1) is 25.5. The zero-order valence-corrected chi connectivity index (χ0v) is 22.4. The maximum atomic E-state index is 13.6. The van der Waals surface area contributed by atoms with Crippen LogP contribution in [0.2, 0.25) is 0 Å². The minimum atomic E-state index is -1.03. The number of carboxylic acid groups (broad SMARTS) is 1. The van der Waals surface area contributed by atoms with E-state index in [9.17, 15) is 19.1 Å². The third-order valence-corrected chi connectivity index (χ3v) is 7.08. The van der Waals surface area contributed by atoms with Gasteiger partial charge in [0.2, 0.25) is 0 Å². The fourth-order valence-corrected chi connectivity index (χ4v) is 5.99. The van der Waals surface area contributed by atoms with Crippen molar-refractivity contribution >= 4 is 49.7 Å². The summed E-state index contributed by atoms with van der Waals surface area (Å²) in [5, 5.41) is 9.98. The van der Waals surface area contributed by atoms with Crippen LogP contribution in [0.3, 0.4) is 0 Å². The second kappa shape index (κ2) is 9.62. The molecule has 1 unspecified atom stereocenters. The van der Waals surface area contributed by atoms with E-state index in [0.29, 0.717) is 5.69 Å². The van der Waals surface area contributed by atoms with Crippen molar-refractivity contribution in [2.24, 2.45) is 5.41 Å². The molecule has 1 saturated heterocycles. The molecule has 1 fully saturated rings. The average Bonchev–Trinajstić information content (AvgIpc) is 3.13. The zero-order chi connectivity index (χ0) is 24.7. The van der Waals surface area contributed by atoms with E-state index >= 15 is 0 Å². The van der Waals surface area contributed by atoms with Crippen LogP contribution >= 0.6 is 31.9 Å². The summed E-state index contributed by atoms with van der Waals surface area (Å²) in [6.45, 7) is 6.14. The average molecular weight is 585 g/mol. The van der Waals surface area contributed by atoms with E-state index in [0.717, 1.165) is 14.5 Å². The molecule has 3 amide bonds. The molecule has 0 aromatic heterocycles. The van der Waals surface area contributed by atoms with Crippen LogP contribution in [0.15, 0.2) is 51.4 Å². The van der Waals surface area contributed by atoms with Crippen molar-refractivity contribution in [1.29, 1.82) is 0 Å². The Hall–Kier alpha value is -2.13. The van der Waals surface area contributed by atoms with Gasteiger partial charge in [0.05, 0.1) is 12.1 Å². The Bertz CT molecular complexity index is 1020. The first-order chi connectivity index (χ1) is 15.3. The van der Waals surface area contributed by atoms with Gasteiger partial charge in [-0.05, 0) is 41.3 Å². The van der Waals surface area contributed by atoms with Crippen LogP contribution in [0.1, 0.15) is 32.3 Å².